The van der Waals surface area contributed by atoms with Gasteiger partial charge in [0.05, 0.1) is 22.7 Å². The maximum atomic E-state index is 12.8. The van der Waals surface area contributed by atoms with Gasteiger partial charge in [0, 0.05) is 40.2 Å². The van der Waals surface area contributed by atoms with Gasteiger partial charge in [-0.05, 0) is 60.7 Å². The summed E-state index contributed by atoms with van der Waals surface area (Å²) in [4.78, 5) is 23.3. The third-order valence-electron chi connectivity index (χ3n) is 4.65. The number of hydrogen-bond acceptors (Lipinski definition) is 7. The fraction of sp³-hybridized carbons (Fsp3) is 0.0870. The Morgan fingerprint density at radius 3 is 2.36 bits per heavy atom. The maximum absolute atomic E-state index is 12.8. The molecule has 0 unspecified atom stereocenters. The number of methoxy groups -OCH3 is 1. The molecule has 1 N–H and O–H groups in total. The van der Waals surface area contributed by atoms with Crippen molar-refractivity contribution in [2.75, 3.05) is 12.4 Å². The standard InChI is InChI=1S/C23H19ClN2O6S/c1-32-20-7-5-19(6-8-20)25-13-12-23(27)16-2-11-22(26(28)29)17(14-16)15-33(30,31)21-9-3-18(24)4-10-21/h2-14,25H,15H2,1H3. The zero-order chi connectivity index (χ0) is 24.0. The van der Waals surface area contributed by atoms with E-state index in [0.717, 1.165) is 11.8 Å². The van der Waals surface area contributed by atoms with Crippen LogP contribution >= 0.6 is 11.6 Å². The van der Waals surface area contributed by atoms with Crippen LogP contribution in [0.25, 0.3) is 0 Å². The van der Waals surface area contributed by atoms with Crippen LogP contribution in [-0.2, 0) is 15.6 Å². The van der Waals surface area contributed by atoms with Crippen molar-refractivity contribution in [3.63, 3.8) is 0 Å². The zero-order valence-corrected chi connectivity index (χ0v) is 19.0. The molecule has 0 aliphatic carbocycles. The van der Waals surface area contributed by atoms with E-state index in [4.69, 9.17) is 16.3 Å². The number of nitrogens with one attached hydrogen (secondary N) is 1. The van der Waals surface area contributed by atoms with Gasteiger partial charge in [-0.2, -0.15) is 0 Å². The molecule has 8 nitrogen and oxygen atoms in total. The highest BCUT2D eigenvalue weighted by molar-refractivity contribution is 7.90. The molecule has 0 atom stereocenters. The van der Waals surface area contributed by atoms with Crippen LogP contribution in [0.5, 0.6) is 5.75 Å². The zero-order valence-electron chi connectivity index (χ0n) is 17.4. The van der Waals surface area contributed by atoms with Crippen molar-refractivity contribution in [2.24, 2.45) is 0 Å². The summed E-state index contributed by atoms with van der Waals surface area (Å²) in [5, 5.41) is 14.7. The third-order valence-corrected chi connectivity index (χ3v) is 6.59. The van der Waals surface area contributed by atoms with E-state index in [2.05, 4.69) is 5.32 Å². The second kappa shape index (κ2) is 10.3. The predicted octanol–water partition coefficient (Wildman–Crippen LogP) is 5.04. The molecule has 3 aromatic rings. The molecule has 0 heterocycles. The van der Waals surface area contributed by atoms with E-state index in [9.17, 15) is 23.3 Å². The van der Waals surface area contributed by atoms with Crippen LogP contribution < -0.4 is 10.1 Å². The van der Waals surface area contributed by atoms with Crippen LogP contribution in [0.15, 0.2) is 83.9 Å². The van der Waals surface area contributed by atoms with E-state index in [1.807, 2.05) is 0 Å². The smallest absolute Gasteiger partial charge is 0.273 e. The van der Waals surface area contributed by atoms with Crippen LogP contribution in [0.2, 0.25) is 5.02 Å². The van der Waals surface area contributed by atoms with Crippen LogP contribution in [0.4, 0.5) is 11.4 Å². The van der Waals surface area contributed by atoms with Gasteiger partial charge in [-0.3, -0.25) is 14.9 Å². The van der Waals surface area contributed by atoms with E-state index in [1.54, 1.807) is 31.4 Å². The number of rotatable bonds is 9. The predicted molar refractivity (Wildman–Crippen MR) is 126 cm³/mol. The van der Waals surface area contributed by atoms with Gasteiger partial charge in [0.15, 0.2) is 15.6 Å². The normalized spacial score (nSPS) is 11.3. The SMILES string of the molecule is COc1ccc(NC=CC(=O)c2ccc([N+](=O)[O-])c(CS(=O)(=O)c3ccc(Cl)cc3)c2)cc1. The number of nitro groups is 1. The molecule has 3 aromatic carbocycles. The van der Waals surface area contributed by atoms with E-state index in [0.29, 0.717) is 10.8 Å². The summed E-state index contributed by atoms with van der Waals surface area (Å²) in [7, 11) is -2.35. The Labute approximate surface area is 195 Å². The second-order valence-corrected chi connectivity index (χ2v) is 9.31. The van der Waals surface area contributed by atoms with E-state index >= 15 is 0 Å². The molecule has 0 saturated heterocycles. The summed E-state index contributed by atoms with van der Waals surface area (Å²) in [5.41, 5.74) is 0.370. The molecular weight excluding hydrogens is 468 g/mol. The van der Waals surface area contributed by atoms with Crippen molar-refractivity contribution >= 4 is 38.6 Å². The number of allylic oxidation sites excluding steroid dienone is 1. The summed E-state index contributed by atoms with van der Waals surface area (Å²) >= 11 is 5.80. The van der Waals surface area contributed by atoms with Crippen molar-refractivity contribution in [1.82, 2.24) is 0 Å². The lowest BCUT2D eigenvalue weighted by atomic mass is 10.1. The van der Waals surface area contributed by atoms with Crippen molar-refractivity contribution in [1.29, 1.82) is 0 Å². The topological polar surface area (TPSA) is 116 Å². The Kier molecular flexibility index (Phi) is 7.47. The fourth-order valence-electron chi connectivity index (χ4n) is 2.96. The third kappa shape index (κ3) is 6.18. The first-order valence-electron chi connectivity index (χ1n) is 9.57. The lowest BCUT2D eigenvalue weighted by Crippen LogP contribution is -2.08. The highest BCUT2D eigenvalue weighted by Crippen LogP contribution is 2.26. The van der Waals surface area contributed by atoms with Crippen molar-refractivity contribution < 1.29 is 22.9 Å². The molecule has 0 spiro atoms. The maximum Gasteiger partial charge on any atom is 0.273 e. The van der Waals surface area contributed by atoms with Gasteiger partial charge < -0.3 is 10.1 Å². The summed E-state index contributed by atoms with van der Waals surface area (Å²) in [6, 6.07) is 16.2. The summed E-state index contributed by atoms with van der Waals surface area (Å²) in [6.07, 6.45) is 2.68. The molecule has 0 radical (unpaired) electrons. The Balaban J connectivity index is 1.82. The van der Waals surface area contributed by atoms with E-state index < -0.39 is 26.3 Å². The van der Waals surface area contributed by atoms with Gasteiger partial charge in [0.1, 0.15) is 5.75 Å². The van der Waals surface area contributed by atoms with Crippen LogP contribution in [0, 0.1) is 10.1 Å². The fourth-order valence-corrected chi connectivity index (χ4v) is 4.44. The number of nitrogens with zero attached hydrogens (tertiary/aromatic N) is 1. The summed E-state index contributed by atoms with van der Waals surface area (Å²) < 4.78 is 30.6. The highest BCUT2D eigenvalue weighted by atomic mass is 35.5. The molecule has 33 heavy (non-hydrogen) atoms. The average Bonchev–Trinajstić information content (AvgIpc) is 2.79. The van der Waals surface area contributed by atoms with Crippen LogP contribution in [-0.4, -0.2) is 26.2 Å². The number of anilines is 1. The second-order valence-electron chi connectivity index (χ2n) is 6.88. The molecule has 3 rings (SSSR count). The first kappa shape index (κ1) is 24.0. The van der Waals surface area contributed by atoms with Crippen molar-refractivity contribution in [3.05, 3.63) is 105 Å². The molecule has 0 aromatic heterocycles. The number of carbonyl (C=O) groups excluding carboxylic acids is 1. The van der Waals surface area contributed by atoms with Gasteiger partial charge in [-0.15, -0.1) is 0 Å². The van der Waals surface area contributed by atoms with E-state index in [1.165, 1.54) is 48.7 Å². The van der Waals surface area contributed by atoms with Gasteiger partial charge in [0.25, 0.3) is 5.69 Å². The molecule has 0 amide bonds. The highest BCUT2D eigenvalue weighted by Gasteiger charge is 2.23. The van der Waals surface area contributed by atoms with E-state index in [-0.39, 0.29) is 21.7 Å². The van der Waals surface area contributed by atoms with Crippen LogP contribution in [0.1, 0.15) is 15.9 Å². The number of carbonyl (C=O) groups is 1. The quantitative estimate of drug-likeness (QED) is 0.195. The average molecular weight is 487 g/mol. The molecule has 10 heteroatoms. The number of sulfone groups is 1. The van der Waals surface area contributed by atoms with Gasteiger partial charge in [0.2, 0.25) is 0 Å². The van der Waals surface area contributed by atoms with Crippen LogP contribution in [0.3, 0.4) is 0 Å². The van der Waals surface area contributed by atoms with Gasteiger partial charge in [-0.1, -0.05) is 11.6 Å². The number of benzene rings is 3. The molecule has 170 valence electrons. The lowest BCUT2D eigenvalue weighted by molar-refractivity contribution is -0.385. The Bertz CT molecular complexity index is 1300. The molecule has 0 aliphatic rings. The first-order valence-corrected chi connectivity index (χ1v) is 11.6. The summed E-state index contributed by atoms with van der Waals surface area (Å²) in [5.74, 6) is -0.400. The molecule has 0 fully saturated rings. The number of nitro benzene ring substituents is 1. The van der Waals surface area contributed by atoms with Crippen molar-refractivity contribution in [3.8, 4) is 5.75 Å². The number of hydrogen-bond donors (Lipinski definition) is 1. The lowest BCUT2D eigenvalue weighted by Gasteiger charge is -2.07. The summed E-state index contributed by atoms with van der Waals surface area (Å²) in [6.45, 7) is 0. The number of ether oxygens (including phenoxy) is 1. The molecule has 0 saturated carbocycles. The molecule has 0 aliphatic heterocycles. The largest absolute Gasteiger partial charge is 0.497 e. The Hall–Kier alpha value is -3.69. The number of ketones is 1. The molecule has 0 bridgehead atoms. The number of halogens is 1. The first-order chi connectivity index (χ1) is 15.7. The minimum Gasteiger partial charge on any atom is -0.497 e. The monoisotopic (exact) mass is 486 g/mol. The van der Waals surface area contributed by atoms with Gasteiger partial charge in [-0.25, -0.2) is 8.42 Å². The Morgan fingerprint density at radius 2 is 1.76 bits per heavy atom. The minimum atomic E-state index is -3.90. The van der Waals surface area contributed by atoms with Crippen molar-refractivity contribution in [2.45, 2.75) is 10.6 Å². The molecular formula is C23H19ClN2O6S. The minimum absolute atomic E-state index is 0.0264. The van der Waals surface area contributed by atoms with Gasteiger partial charge >= 0.3 is 0 Å². The Morgan fingerprint density at radius 1 is 1.09 bits per heavy atom.